The smallest absolute Gasteiger partial charge is 0.333 e. The second-order valence-electron chi connectivity index (χ2n) is 5.08. The zero-order valence-electron chi connectivity index (χ0n) is 13.9. The van der Waals surface area contributed by atoms with E-state index >= 15 is 0 Å². The van der Waals surface area contributed by atoms with Gasteiger partial charge in [-0.05, 0) is 6.42 Å². The number of rotatable bonds is 12. The minimum absolute atomic E-state index is 0.0148. The highest BCUT2D eigenvalue weighted by Crippen LogP contribution is 2.12. The van der Waals surface area contributed by atoms with Crippen molar-refractivity contribution in [2.75, 3.05) is 33.0 Å². The second kappa shape index (κ2) is 11.5. The normalized spacial score (nSPS) is 14.1. The first-order valence-corrected chi connectivity index (χ1v) is 8.03. The van der Waals surface area contributed by atoms with Gasteiger partial charge < -0.3 is 19.6 Å². The van der Waals surface area contributed by atoms with E-state index in [0.717, 1.165) is 0 Å². The van der Waals surface area contributed by atoms with Crippen molar-refractivity contribution >= 4 is 23.7 Å². The lowest BCUT2D eigenvalue weighted by Gasteiger charge is -2.12. The van der Waals surface area contributed by atoms with Gasteiger partial charge in [0.15, 0.2) is 0 Å². The van der Waals surface area contributed by atoms with E-state index in [4.69, 9.17) is 14.3 Å². The molecule has 1 aliphatic heterocycles. The quantitative estimate of drug-likeness (QED) is 0.390. The molecule has 1 saturated heterocycles. The number of ether oxygens (including phenoxy) is 2. The number of nitrogens with one attached hydrogen (secondary N) is 1. The molecule has 1 heterocycles. The predicted molar refractivity (Wildman–Crippen MR) is 81.4 cm³/mol. The van der Waals surface area contributed by atoms with Crippen LogP contribution in [0.3, 0.4) is 0 Å². The zero-order chi connectivity index (χ0) is 17.8. The van der Waals surface area contributed by atoms with E-state index in [1.165, 1.54) is 0 Å². The van der Waals surface area contributed by atoms with Crippen molar-refractivity contribution in [3.63, 3.8) is 0 Å². The SMILES string of the molecule is CCC(=O)NCCOCCOCCCC(=O)ON1C(=O)CCC1=O. The Labute approximate surface area is 140 Å². The molecule has 0 aliphatic carbocycles. The average molecular weight is 344 g/mol. The average Bonchev–Trinajstić information content (AvgIpc) is 2.88. The molecule has 0 spiro atoms. The molecule has 1 rings (SSSR count). The zero-order valence-corrected chi connectivity index (χ0v) is 13.9. The monoisotopic (exact) mass is 344 g/mol. The van der Waals surface area contributed by atoms with Crippen LogP contribution in [0.2, 0.25) is 0 Å². The predicted octanol–water partition coefficient (Wildman–Crippen LogP) is -0.0668. The molecule has 1 aliphatic rings. The highest BCUT2D eigenvalue weighted by atomic mass is 16.7. The lowest BCUT2D eigenvalue weighted by Crippen LogP contribution is -2.32. The Morgan fingerprint density at radius 1 is 1.04 bits per heavy atom. The highest BCUT2D eigenvalue weighted by Gasteiger charge is 2.32. The van der Waals surface area contributed by atoms with Crippen molar-refractivity contribution in [1.29, 1.82) is 0 Å². The molecule has 0 radical (unpaired) electrons. The molecule has 9 heteroatoms. The summed E-state index contributed by atoms with van der Waals surface area (Å²) in [4.78, 5) is 49.7. The van der Waals surface area contributed by atoms with Crippen molar-refractivity contribution in [2.24, 2.45) is 0 Å². The first-order chi connectivity index (χ1) is 11.5. The molecule has 0 atom stereocenters. The Morgan fingerprint density at radius 3 is 2.29 bits per heavy atom. The number of imide groups is 1. The number of hydrogen-bond acceptors (Lipinski definition) is 7. The van der Waals surface area contributed by atoms with E-state index < -0.39 is 17.8 Å². The number of hydrogen-bond donors (Lipinski definition) is 1. The topological polar surface area (TPSA) is 111 Å². The minimum atomic E-state index is -0.634. The van der Waals surface area contributed by atoms with Gasteiger partial charge in [0.2, 0.25) is 5.91 Å². The standard InChI is InChI=1S/C15H24N2O7/c1-2-12(18)16-7-9-23-11-10-22-8-3-4-15(21)24-17-13(19)5-6-14(17)20/h2-11H2,1H3,(H,16,18). The molecule has 24 heavy (non-hydrogen) atoms. The fourth-order valence-electron chi connectivity index (χ4n) is 1.83. The van der Waals surface area contributed by atoms with Crippen LogP contribution in [0.5, 0.6) is 0 Å². The van der Waals surface area contributed by atoms with Gasteiger partial charge in [-0.1, -0.05) is 6.92 Å². The van der Waals surface area contributed by atoms with Crippen LogP contribution in [0.15, 0.2) is 0 Å². The summed E-state index contributed by atoms with van der Waals surface area (Å²) in [6.07, 6.45) is 1.09. The van der Waals surface area contributed by atoms with Crippen LogP contribution in [-0.4, -0.2) is 61.7 Å². The van der Waals surface area contributed by atoms with Gasteiger partial charge in [0.1, 0.15) is 0 Å². The maximum absolute atomic E-state index is 11.5. The largest absolute Gasteiger partial charge is 0.379 e. The molecule has 0 aromatic carbocycles. The third kappa shape index (κ3) is 8.02. The Morgan fingerprint density at radius 2 is 1.67 bits per heavy atom. The van der Waals surface area contributed by atoms with E-state index in [0.29, 0.717) is 50.9 Å². The van der Waals surface area contributed by atoms with Crippen LogP contribution in [0, 0.1) is 0 Å². The third-order valence-electron chi connectivity index (χ3n) is 3.13. The molecule has 0 aromatic rings. The summed E-state index contributed by atoms with van der Waals surface area (Å²) in [5, 5.41) is 3.22. The van der Waals surface area contributed by atoms with Gasteiger partial charge in [0.25, 0.3) is 11.8 Å². The summed E-state index contributed by atoms with van der Waals surface area (Å²) in [7, 11) is 0. The molecular weight excluding hydrogens is 320 g/mol. The molecule has 1 N–H and O–H groups in total. The fourth-order valence-corrected chi connectivity index (χ4v) is 1.83. The maximum atomic E-state index is 11.5. The molecule has 0 bridgehead atoms. The molecular formula is C15H24N2O7. The first kappa shape index (κ1) is 20.0. The first-order valence-electron chi connectivity index (χ1n) is 8.03. The van der Waals surface area contributed by atoms with E-state index in [9.17, 15) is 19.2 Å². The van der Waals surface area contributed by atoms with Gasteiger partial charge in [0.05, 0.1) is 26.2 Å². The fraction of sp³-hybridized carbons (Fsp3) is 0.733. The van der Waals surface area contributed by atoms with Gasteiger partial charge in [-0.3, -0.25) is 14.4 Å². The number of hydroxylamine groups is 2. The van der Waals surface area contributed by atoms with Gasteiger partial charge in [-0.2, -0.15) is 0 Å². The van der Waals surface area contributed by atoms with Crippen molar-refractivity contribution in [2.45, 2.75) is 39.0 Å². The van der Waals surface area contributed by atoms with Gasteiger partial charge >= 0.3 is 5.97 Å². The van der Waals surface area contributed by atoms with E-state index in [1.807, 2.05) is 0 Å². The van der Waals surface area contributed by atoms with Crippen molar-refractivity contribution < 1.29 is 33.5 Å². The summed E-state index contributed by atoms with van der Waals surface area (Å²) >= 11 is 0. The Hall–Kier alpha value is -2.00. The van der Waals surface area contributed by atoms with Crippen LogP contribution in [0.25, 0.3) is 0 Å². The Balaban J connectivity index is 1.91. The summed E-state index contributed by atoms with van der Waals surface area (Å²) in [5.74, 6) is -1.63. The van der Waals surface area contributed by atoms with Gasteiger partial charge in [0, 0.05) is 32.4 Å². The van der Waals surface area contributed by atoms with Gasteiger partial charge in [-0.15, -0.1) is 5.06 Å². The van der Waals surface area contributed by atoms with E-state index in [2.05, 4.69) is 5.32 Å². The minimum Gasteiger partial charge on any atom is -0.379 e. The van der Waals surface area contributed by atoms with Crippen molar-refractivity contribution in [1.82, 2.24) is 10.4 Å². The number of amides is 3. The van der Waals surface area contributed by atoms with Crippen molar-refractivity contribution in [3.8, 4) is 0 Å². The Bertz CT molecular complexity index is 437. The molecule has 0 aromatic heterocycles. The maximum Gasteiger partial charge on any atom is 0.333 e. The second-order valence-corrected chi connectivity index (χ2v) is 5.08. The van der Waals surface area contributed by atoms with Crippen LogP contribution >= 0.6 is 0 Å². The van der Waals surface area contributed by atoms with Crippen molar-refractivity contribution in [3.05, 3.63) is 0 Å². The Kier molecular flexibility index (Phi) is 9.62. The van der Waals surface area contributed by atoms with Crippen LogP contribution in [0.1, 0.15) is 39.0 Å². The molecule has 1 fully saturated rings. The summed E-state index contributed by atoms with van der Waals surface area (Å²) in [6, 6.07) is 0. The lowest BCUT2D eigenvalue weighted by atomic mass is 10.3. The molecule has 0 saturated carbocycles. The van der Waals surface area contributed by atoms with Gasteiger partial charge in [-0.25, -0.2) is 4.79 Å². The number of nitrogens with zero attached hydrogens (tertiary/aromatic N) is 1. The summed E-state index contributed by atoms with van der Waals surface area (Å²) in [6.45, 7) is 3.77. The molecule has 3 amide bonds. The van der Waals surface area contributed by atoms with E-state index in [1.54, 1.807) is 6.92 Å². The van der Waals surface area contributed by atoms with Crippen LogP contribution < -0.4 is 5.32 Å². The summed E-state index contributed by atoms with van der Waals surface area (Å²) in [5.41, 5.74) is 0. The number of carbonyl (C=O) groups is 4. The molecule has 9 nitrogen and oxygen atoms in total. The summed E-state index contributed by atoms with van der Waals surface area (Å²) < 4.78 is 10.5. The molecule has 136 valence electrons. The molecule has 0 unspecified atom stereocenters. The van der Waals surface area contributed by atoms with E-state index in [-0.39, 0.29) is 25.2 Å². The van der Waals surface area contributed by atoms with Crippen LogP contribution in [-0.2, 0) is 33.5 Å². The number of carbonyl (C=O) groups excluding carboxylic acids is 4. The van der Waals surface area contributed by atoms with Crippen LogP contribution in [0.4, 0.5) is 0 Å². The lowest BCUT2D eigenvalue weighted by molar-refractivity contribution is -0.197. The third-order valence-corrected chi connectivity index (χ3v) is 3.13. The highest BCUT2D eigenvalue weighted by molar-refractivity contribution is 6.01.